The number of hydrogen-bond acceptors (Lipinski definition) is 4. The molecule has 2 aromatic rings. The van der Waals surface area contributed by atoms with Crippen molar-refractivity contribution in [3.8, 4) is 0 Å². The van der Waals surface area contributed by atoms with Crippen LogP contribution in [0.15, 0.2) is 18.3 Å². The first-order chi connectivity index (χ1) is 9.97. The zero-order valence-electron chi connectivity index (χ0n) is 12.8. The van der Waals surface area contributed by atoms with Crippen LogP contribution in [-0.4, -0.2) is 36.6 Å². The van der Waals surface area contributed by atoms with E-state index < -0.39 is 5.41 Å². The third-order valence-electron chi connectivity index (χ3n) is 4.36. The van der Waals surface area contributed by atoms with E-state index in [9.17, 15) is 4.79 Å². The van der Waals surface area contributed by atoms with Gasteiger partial charge in [0, 0.05) is 38.0 Å². The summed E-state index contributed by atoms with van der Waals surface area (Å²) in [6, 6.07) is 4.02. The number of rotatable bonds is 3. The first-order valence-electron chi connectivity index (χ1n) is 7.02. The molecule has 0 bridgehead atoms. The maximum atomic E-state index is 12.7. The molecule has 0 N–H and O–H groups in total. The number of likely N-dealkylation sites (N-methyl/N-ethyl adjacent to an activating group) is 1. The smallest absolute Gasteiger partial charge is 0.237 e. The molecule has 0 spiro atoms. The van der Waals surface area contributed by atoms with Crippen LogP contribution >= 0.6 is 0 Å². The van der Waals surface area contributed by atoms with E-state index in [0.717, 1.165) is 28.0 Å². The summed E-state index contributed by atoms with van der Waals surface area (Å²) in [6.45, 7) is 4.40. The number of hydrogen-bond donors (Lipinski definition) is 0. The van der Waals surface area contributed by atoms with Gasteiger partial charge in [0.25, 0.3) is 0 Å². The second-order valence-electron chi connectivity index (χ2n) is 5.78. The topological polar surface area (TPSA) is 55.3 Å². The van der Waals surface area contributed by atoms with Gasteiger partial charge in [0.2, 0.25) is 5.91 Å². The molecule has 5 nitrogen and oxygen atoms in total. The van der Waals surface area contributed by atoms with Crippen molar-refractivity contribution in [3.05, 3.63) is 29.7 Å². The lowest BCUT2D eigenvalue weighted by Gasteiger charge is -2.22. The summed E-state index contributed by atoms with van der Waals surface area (Å²) in [7, 11) is 3.48. The number of ether oxygens (including phenoxy) is 1. The average Bonchev–Trinajstić information content (AvgIpc) is 2.66. The van der Waals surface area contributed by atoms with Gasteiger partial charge in [0.15, 0.2) is 0 Å². The lowest BCUT2D eigenvalue weighted by Crippen LogP contribution is -2.36. The fourth-order valence-corrected chi connectivity index (χ4v) is 3.02. The van der Waals surface area contributed by atoms with E-state index in [-0.39, 0.29) is 5.91 Å². The van der Waals surface area contributed by atoms with Crippen LogP contribution in [0.5, 0.6) is 0 Å². The molecule has 21 heavy (non-hydrogen) atoms. The van der Waals surface area contributed by atoms with E-state index in [2.05, 4.69) is 9.97 Å². The maximum absolute atomic E-state index is 12.7. The van der Waals surface area contributed by atoms with E-state index in [1.54, 1.807) is 18.2 Å². The second kappa shape index (κ2) is 4.77. The molecular formula is C16H19N3O2. The third-order valence-corrected chi connectivity index (χ3v) is 4.36. The van der Waals surface area contributed by atoms with Crippen molar-refractivity contribution in [1.29, 1.82) is 0 Å². The third kappa shape index (κ3) is 2.00. The Hall–Kier alpha value is -2.01. The number of fused-ring (bicyclic) bond motifs is 2. The van der Waals surface area contributed by atoms with Crippen LogP contribution in [0.3, 0.4) is 0 Å². The minimum Gasteiger partial charge on any atom is -0.385 e. The number of aryl methyl sites for hydroxylation is 1. The summed E-state index contributed by atoms with van der Waals surface area (Å²) < 4.78 is 5.18. The van der Waals surface area contributed by atoms with E-state index in [1.165, 1.54) is 0 Å². The molecule has 3 rings (SSSR count). The largest absolute Gasteiger partial charge is 0.385 e. The minimum absolute atomic E-state index is 0.106. The predicted octanol–water partition coefficient (Wildman–Crippen LogP) is 2.21. The zero-order chi connectivity index (χ0) is 15.2. The van der Waals surface area contributed by atoms with Gasteiger partial charge in [-0.2, -0.15) is 0 Å². The van der Waals surface area contributed by atoms with Crippen LogP contribution in [0, 0.1) is 6.92 Å². The van der Waals surface area contributed by atoms with Crippen LogP contribution in [0.2, 0.25) is 0 Å². The first-order valence-corrected chi connectivity index (χ1v) is 7.02. The lowest BCUT2D eigenvalue weighted by molar-refractivity contribution is -0.122. The van der Waals surface area contributed by atoms with Crippen LogP contribution in [0.4, 0.5) is 5.69 Å². The molecule has 110 valence electrons. The highest BCUT2D eigenvalue weighted by Crippen LogP contribution is 2.44. The predicted molar refractivity (Wildman–Crippen MR) is 81.5 cm³/mol. The Bertz CT molecular complexity index is 729. The first kappa shape index (κ1) is 13.9. The average molecular weight is 285 g/mol. The number of carbonyl (C=O) groups is 1. The molecule has 2 heterocycles. The number of carbonyl (C=O) groups excluding carboxylic acids is 1. The van der Waals surface area contributed by atoms with Gasteiger partial charge in [-0.1, -0.05) is 0 Å². The van der Waals surface area contributed by atoms with Crippen LogP contribution in [0.25, 0.3) is 10.9 Å². The summed E-state index contributed by atoms with van der Waals surface area (Å²) in [5.74, 6) is 0.841. The van der Waals surface area contributed by atoms with Gasteiger partial charge in [-0.25, -0.2) is 9.97 Å². The molecule has 0 saturated heterocycles. The van der Waals surface area contributed by atoms with E-state index in [4.69, 9.17) is 4.74 Å². The molecule has 0 fully saturated rings. The van der Waals surface area contributed by atoms with Gasteiger partial charge in [0.05, 0.1) is 10.9 Å². The molecular weight excluding hydrogens is 266 g/mol. The Morgan fingerprint density at radius 1 is 1.38 bits per heavy atom. The van der Waals surface area contributed by atoms with Crippen molar-refractivity contribution in [2.75, 3.05) is 25.7 Å². The van der Waals surface area contributed by atoms with Crippen LogP contribution in [-0.2, 0) is 14.9 Å². The molecule has 5 heteroatoms. The molecule has 0 saturated carbocycles. The van der Waals surface area contributed by atoms with E-state index >= 15 is 0 Å². The maximum Gasteiger partial charge on any atom is 0.237 e. The summed E-state index contributed by atoms with van der Waals surface area (Å²) in [4.78, 5) is 23.1. The van der Waals surface area contributed by atoms with Crippen molar-refractivity contribution in [2.24, 2.45) is 0 Å². The highest BCUT2D eigenvalue weighted by molar-refractivity contribution is 6.09. The van der Waals surface area contributed by atoms with E-state index in [1.807, 2.05) is 33.0 Å². The summed E-state index contributed by atoms with van der Waals surface area (Å²) in [5, 5.41) is 0.954. The van der Waals surface area contributed by atoms with Crippen LogP contribution in [0.1, 0.15) is 24.7 Å². The van der Waals surface area contributed by atoms with Crippen molar-refractivity contribution in [1.82, 2.24) is 9.97 Å². The molecule has 1 aliphatic heterocycles. The lowest BCUT2D eigenvalue weighted by atomic mass is 9.80. The zero-order valence-corrected chi connectivity index (χ0v) is 12.8. The Kier molecular flexibility index (Phi) is 3.17. The van der Waals surface area contributed by atoms with Gasteiger partial charge < -0.3 is 9.64 Å². The fourth-order valence-electron chi connectivity index (χ4n) is 3.02. The normalized spacial score (nSPS) is 21.1. The van der Waals surface area contributed by atoms with Crippen LogP contribution < -0.4 is 4.90 Å². The molecule has 1 aliphatic rings. The molecule has 0 aliphatic carbocycles. The second-order valence-corrected chi connectivity index (χ2v) is 5.78. The molecule has 0 radical (unpaired) electrons. The quantitative estimate of drug-likeness (QED) is 0.867. The number of aromatic nitrogens is 2. The Morgan fingerprint density at radius 3 is 2.86 bits per heavy atom. The van der Waals surface area contributed by atoms with Gasteiger partial charge in [-0.3, -0.25) is 4.79 Å². The van der Waals surface area contributed by atoms with Crippen molar-refractivity contribution in [3.63, 3.8) is 0 Å². The minimum atomic E-state index is -0.548. The Labute approximate surface area is 124 Å². The molecule has 1 atom stereocenters. The summed E-state index contributed by atoms with van der Waals surface area (Å²) in [6.07, 6.45) is 2.47. The Morgan fingerprint density at radius 2 is 2.14 bits per heavy atom. The molecule has 1 aromatic heterocycles. The van der Waals surface area contributed by atoms with Gasteiger partial charge in [-0.15, -0.1) is 0 Å². The highest BCUT2D eigenvalue weighted by atomic mass is 16.5. The van der Waals surface area contributed by atoms with Crippen molar-refractivity contribution >= 4 is 22.5 Å². The number of nitrogens with zero attached hydrogens (tertiary/aromatic N) is 3. The fraction of sp³-hybridized carbons (Fsp3) is 0.438. The molecule has 1 unspecified atom stereocenters. The summed E-state index contributed by atoms with van der Waals surface area (Å²) in [5.41, 5.74) is 2.30. The number of amides is 1. The molecule has 1 aromatic carbocycles. The number of anilines is 1. The van der Waals surface area contributed by atoms with Gasteiger partial charge in [0.1, 0.15) is 5.82 Å². The van der Waals surface area contributed by atoms with Gasteiger partial charge in [-0.05, 0) is 38.0 Å². The van der Waals surface area contributed by atoms with Crippen molar-refractivity contribution < 1.29 is 9.53 Å². The van der Waals surface area contributed by atoms with E-state index in [0.29, 0.717) is 13.0 Å². The van der Waals surface area contributed by atoms with Gasteiger partial charge >= 0.3 is 0 Å². The van der Waals surface area contributed by atoms with Crippen molar-refractivity contribution in [2.45, 2.75) is 25.7 Å². The molecule has 1 amide bonds. The monoisotopic (exact) mass is 285 g/mol. The number of benzene rings is 1. The standard InChI is InChI=1S/C16H19N3O2/c1-10-17-9-11-7-14-12(8-13(11)18-10)16(2,5-6-21-4)15(20)19(14)3/h7-9H,5-6H2,1-4H3. The summed E-state index contributed by atoms with van der Waals surface area (Å²) >= 11 is 0. The SMILES string of the molecule is COCCC1(C)C(=O)N(C)c2cc3cnc(C)nc3cc21. The highest BCUT2D eigenvalue weighted by Gasteiger charge is 2.45. The number of methoxy groups -OCH3 is 1. The Balaban J connectivity index is 2.21.